The summed E-state index contributed by atoms with van der Waals surface area (Å²) in [5, 5.41) is 5.45. The standard InChI is InChI=1S/C11H12FN.C8H5NO2/c12-11-3-1-9(2-4-11)10-5-7-13-8-6-10;10-7-5-3-1-2-4-6(5)8(11)9-7/h1-5,13H,6-8H2;1-4H,(H,9,10,11). The molecule has 0 radical (unpaired) electrons. The van der Waals surface area contributed by atoms with Crippen molar-refractivity contribution in [1.82, 2.24) is 10.6 Å². The maximum atomic E-state index is 12.6. The van der Waals surface area contributed by atoms with Crippen LogP contribution in [0.2, 0.25) is 0 Å². The Kier molecular flexibility index (Phi) is 4.82. The van der Waals surface area contributed by atoms with E-state index in [0.717, 1.165) is 25.1 Å². The third-order valence-corrected chi connectivity index (χ3v) is 3.92. The van der Waals surface area contributed by atoms with Crippen LogP contribution >= 0.6 is 0 Å². The summed E-state index contributed by atoms with van der Waals surface area (Å²) < 4.78 is 12.6. The van der Waals surface area contributed by atoms with Gasteiger partial charge in [0, 0.05) is 6.54 Å². The van der Waals surface area contributed by atoms with Gasteiger partial charge in [-0.15, -0.1) is 0 Å². The van der Waals surface area contributed by atoms with Gasteiger partial charge in [-0.2, -0.15) is 0 Å². The molecule has 0 spiro atoms. The monoisotopic (exact) mass is 324 g/mol. The maximum Gasteiger partial charge on any atom is 0.258 e. The molecule has 122 valence electrons. The fraction of sp³-hybridized carbons (Fsp3) is 0.158. The lowest BCUT2D eigenvalue weighted by molar-refractivity contribution is 0.0879. The van der Waals surface area contributed by atoms with E-state index >= 15 is 0 Å². The van der Waals surface area contributed by atoms with Gasteiger partial charge in [0.25, 0.3) is 11.8 Å². The first-order chi connectivity index (χ1) is 11.6. The number of hydrogen-bond acceptors (Lipinski definition) is 3. The number of carbonyl (C=O) groups is 2. The lowest BCUT2D eigenvalue weighted by atomic mass is 10.0. The van der Waals surface area contributed by atoms with E-state index < -0.39 is 0 Å². The first-order valence-corrected chi connectivity index (χ1v) is 7.75. The average Bonchev–Trinajstić information content (AvgIpc) is 2.92. The molecular weight excluding hydrogens is 307 g/mol. The zero-order chi connectivity index (χ0) is 16.9. The van der Waals surface area contributed by atoms with E-state index in [4.69, 9.17) is 0 Å². The van der Waals surface area contributed by atoms with Crippen LogP contribution in [0.15, 0.2) is 54.6 Å². The van der Waals surface area contributed by atoms with Crippen LogP contribution < -0.4 is 10.6 Å². The van der Waals surface area contributed by atoms with Crippen molar-refractivity contribution in [1.29, 1.82) is 0 Å². The molecule has 2 heterocycles. The molecule has 0 fully saturated rings. The average molecular weight is 324 g/mol. The van der Waals surface area contributed by atoms with E-state index in [2.05, 4.69) is 16.7 Å². The van der Waals surface area contributed by atoms with Crippen molar-refractivity contribution in [2.24, 2.45) is 0 Å². The summed E-state index contributed by atoms with van der Waals surface area (Å²) in [6.45, 7) is 1.94. The number of halogens is 1. The second kappa shape index (κ2) is 7.19. The van der Waals surface area contributed by atoms with Crippen molar-refractivity contribution in [2.75, 3.05) is 13.1 Å². The third kappa shape index (κ3) is 3.58. The number of nitrogens with one attached hydrogen (secondary N) is 2. The number of fused-ring (bicyclic) bond motifs is 1. The second-order valence-corrected chi connectivity index (χ2v) is 5.52. The number of imide groups is 1. The Morgan fingerprint density at radius 3 is 2.04 bits per heavy atom. The van der Waals surface area contributed by atoms with Gasteiger partial charge in [-0.3, -0.25) is 14.9 Å². The summed E-state index contributed by atoms with van der Waals surface area (Å²) >= 11 is 0. The van der Waals surface area contributed by atoms with Crippen molar-refractivity contribution in [3.05, 3.63) is 77.1 Å². The van der Waals surface area contributed by atoms with Crippen LogP contribution in [-0.2, 0) is 0 Å². The van der Waals surface area contributed by atoms with Crippen molar-refractivity contribution >= 4 is 17.4 Å². The van der Waals surface area contributed by atoms with E-state index in [1.165, 1.54) is 17.7 Å². The minimum atomic E-state index is -0.300. The zero-order valence-electron chi connectivity index (χ0n) is 13.0. The molecule has 0 aromatic heterocycles. The molecule has 4 nitrogen and oxygen atoms in total. The Morgan fingerprint density at radius 1 is 0.875 bits per heavy atom. The van der Waals surface area contributed by atoms with Gasteiger partial charge >= 0.3 is 0 Å². The van der Waals surface area contributed by atoms with Crippen molar-refractivity contribution in [3.8, 4) is 0 Å². The van der Waals surface area contributed by atoms with Gasteiger partial charge < -0.3 is 5.32 Å². The molecule has 2 aliphatic heterocycles. The predicted octanol–water partition coefficient (Wildman–Crippen LogP) is 2.77. The first kappa shape index (κ1) is 16.1. The van der Waals surface area contributed by atoms with E-state index in [-0.39, 0.29) is 17.6 Å². The summed E-state index contributed by atoms with van der Waals surface area (Å²) in [6, 6.07) is 13.4. The molecule has 0 unspecified atom stereocenters. The van der Waals surface area contributed by atoms with Crippen molar-refractivity contribution in [3.63, 3.8) is 0 Å². The van der Waals surface area contributed by atoms with Gasteiger partial charge in [0.15, 0.2) is 0 Å². The highest BCUT2D eigenvalue weighted by atomic mass is 19.1. The van der Waals surface area contributed by atoms with Crippen LogP contribution in [0.3, 0.4) is 0 Å². The number of carbonyl (C=O) groups excluding carboxylic acids is 2. The highest BCUT2D eigenvalue weighted by molar-refractivity contribution is 6.21. The molecule has 0 saturated heterocycles. The Morgan fingerprint density at radius 2 is 1.50 bits per heavy atom. The minimum absolute atomic E-state index is 0.168. The number of hydrogen-bond donors (Lipinski definition) is 2. The molecule has 2 amide bonds. The molecular formula is C19H17FN2O2. The Bertz CT molecular complexity index is 764. The molecule has 5 heteroatoms. The van der Waals surface area contributed by atoms with Crippen LogP contribution in [0, 0.1) is 5.82 Å². The largest absolute Gasteiger partial charge is 0.313 e. The molecule has 2 aromatic rings. The number of benzene rings is 2. The van der Waals surface area contributed by atoms with Gasteiger partial charge in [-0.25, -0.2) is 4.39 Å². The fourth-order valence-corrected chi connectivity index (χ4v) is 2.67. The maximum absolute atomic E-state index is 12.6. The SMILES string of the molecule is Fc1ccc(C2=CCNCC2)cc1.O=C1NC(=O)c2ccccc21. The molecule has 2 aromatic carbocycles. The summed E-state index contributed by atoms with van der Waals surface area (Å²) in [4.78, 5) is 21.9. The lowest BCUT2D eigenvalue weighted by Gasteiger charge is -2.13. The Hall–Kier alpha value is -2.79. The normalized spacial score (nSPS) is 15.8. The zero-order valence-corrected chi connectivity index (χ0v) is 13.0. The van der Waals surface area contributed by atoms with E-state index in [1.807, 2.05) is 12.1 Å². The van der Waals surface area contributed by atoms with Crippen LogP contribution in [0.5, 0.6) is 0 Å². The summed E-state index contributed by atoms with van der Waals surface area (Å²) in [5.41, 5.74) is 3.40. The predicted molar refractivity (Wildman–Crippen MR) is 90.1 cm³/mol. The van der Waals surface area contributed by atoms with Crippen LogP contribution in [0.25, 0.3) is 5.57 Å². The topological polar surface area (TPSA) is 58.2 Å². The van der Waals surface area contributed by atoms with Crippen LogP contribution in [-0.4, -0.2) is 24.9 Å². The van der Waals surface area contributed by atoms with Gasteiger partial charge in [0.05, 0.1) is 11.1 Å². The molecule has 0 bridgehead atoms. The summed E-state index contributed by atoms with van der Waals surface area (Å²) in [6.07, 6.45) is 3.20. The van der Waals surface area contributed by atoms with Crippen LogP contribution in [0.1, 0.15) is 32.7 Å². The van der Waals surface area contributed by atoms with Gasteiger partial charge in [0.1, 0.15) is 5.82 Å². The molecule has 0 atom stereocenters. The Labute approximate surface area is 139 Å². The van der Waals surface area contributed by atoms with E-state index in [0.29, 0.717) is 11.1 Å². The summed E-state index contributed by atoms with van der Waals surface area (Å²) in [5.74, 6) is -0.769. The van der Waals surface area contributed by atoms with Crippen molar-refractivity contribution < 1.29 is 14.0 Å². The Balaban J connectivity index is 0.000000143. The van der Waals surface area contributed by atoms with E-state index in [9.17, 15) is 14.0 Å². The molecule has 2 N–H and O–H groups in total. The smallest absolute Gasteiger partial charge is 0.258 e. The van der Waals surface area contributed by atoms with Gasteiger partial charge in [0.2, 0.25) is 0 Å². The lowest BCUT2D eigenvalue weighted by Crippen LogP contribution is -2.19. The molecule has 24 heavy (non-hydrogen) atoms. The molecule has 0 saturated carbocycles. The quantitative estimate of drug-likeness (QED) is 0.793. The first-order valence-electron chi connectivity index (χ1n) is 7.75. The molecule has 4 rings (SSSR count). The third-order valence-electron chi connectivity index (χ3n) is 3.92. The van der Waals surface area contributed by atoms with E-state index in [1.54, 1.807) is 24.3 Å². The fourth-order valence-electron chi connectivity index (χ4n) is 2.67. The number of amides is 2. The second-order valence-electron chi connectivity index (χ2n) is 5.52. The minimum Gasteiger partial charge on any atom is -0.313 e. The highest BCUT2D eigenvalue weighted by Crippen LogP contribution is 2.19. The highest BCUT2D eigenvalue weighted by Gasteiger charge is 2.25. The van der Waals surface area contributed by atoms with Crippen LogP contribution in [0.4, 0.5) is 4.39 Å². The van der Waals surface area contributed by atoms with Crippen molar-refractivity contribution in [2.45, 2.75) is 6.42 Å². The molecule has 0 aliphatic carbocycles. The van der Waals surface area contributed by atoms with Gasteiger partial charge in [-0.05, 0) is 48.4 Å². The number of rotatable bonds is 1. The molecule has 2 aliphatic rings. The van der Waals surface area contributed by atoms with Gasteiger partial charge in [-0.1, -0.05) is 30.3 Å². The summed E-state index contributed by atoms with van der Waals surface area (Å²) in [7, 11) is 0.